The zero-order chi connectivity index (χ0) is 15.6. The fraction of sp³-hybridized carbons (Fsp3) is 0.333. The largest absolute Gasteiger partial charge is 0.308 e. The van der Waals surface area contributed by atoms with Gasteiger partial charge >= 0.3 is 0 Å². The summed E-state index contributed by atoms with van der Waals surface area (Å²) in [5, 5.41) is 0.0974. The Labute approximate surface area is 128 Å². The lowest BCUT2D eigenvalue weighted by Crippen LogP contribution is -2.16. The summed E-state index contributed by atoms with van der Waals surface area (Å²) in [7, 11) is 0. The Balaban J connectivity index is 2.42. The molecule has 0 aliphatic rings. The van der Waals surface area contributed by atoms with E-state index in [0.29, 0.717) is 17.2 Å². The molecule has 2 aromatic rings. The van der Waals surface area contributed by atoms with Crippen LogP contribution in [0.25, 0.3) is 0 Å². The first-order valence-corrected chi connectivity index (χ1v) is 7.08. The van der Waals surface area contributed by atoms with Crippen molar-refractivity contribution in [1.29, 1.82) is 0 Å². The van der Waals surface area contributed by atoms with Gasteiger partial charge in [0.05, 0.1) is 5.02 Å². The molecule has 0 amide bonds. The highest BCUT2D eigenvalue weighted by Crippen LogP contribution is 2.26. The third kappa shape index (κ3) is 3.31. The summed E-state index contributed by atoms with van der Waals surface area (Å²) in [5.74, 6) is 6.43. The van der Waals surface area contributed by atoms with Crippen molar-refractivity contribution in [1.82, 2.24) is 9.97 Å². The van der Waals surface area contributed by atoms with Crippen LogP contribution in [0.3, 0.4) is 0 Å². The third-order valence-electron chi connectivity index (χ3n) is 3.28. The van der Waals surface area contributed by atoms with Gasteiger partial charge in [-0.05, 0) is 24.5 Å². The SMILES string of the molecule is Cc1nc(Cc2cccc(Cl)c2F)nc(NN)c1C(C)C. The molecular weight excluding hydrogens is 291 g/mol. The predicted molar refractivity (Wildman–Crippen MR) is 82.9 cm³/mol. The van der Waals surface area contributed by atoms with Crippen LogP contribution in [-0.2, 0) is 6.42 Å². The standard InChI is InChI=1S/C15H18ClFN4/c1-8(2)13-9(3)19-12(20-15(13)21-18)7-10-5-4-6-11(16)14(10)17/h4-6,8H,7,18H2,1-3H3,(H,19,20,21). The summed E-state index contributed by atoms with van der Waals surface area (Å²) in [4.78, 5) is 8.84. The molecule has 0 spiro atoms. The van der Waals surface area contributed by atoms with Gasteiger partial charge in [-0.15, -0.1) is 0 Å². The first-order chi connectivity index (χ1) is 9.93. The van der Waals surface area contributed by atoms with Gasteiger partial charge in [0.15, 0.2) is 0 Å². The molecule has 1 aromatic carbocycles. The van der Waals surface area contributed by atoms with Gasteiger partial charge in [0.2, 0.25) is 0 Å². The molecule has 0 radical (unpaired) electrons. The van der Waals surface area contributed by atoms with E-state index in [2.05, 4.69) is 15.4 Å². The highest BCUT2D eigenvalue weighted by atomic mass is 35.5. The van der Waals surface area contributed by atoms with Crippen molar-refractivity contribution in [2.24, 2.45) is 5.84 Å². The molecule has 0 aliphatic heterocycles. The Hall–Kier alpha value is -1.72. The second-order valence-corrected chi connectivity index (χ2v) is 5.58. The van der Waals surface area contributed by atoms with Crippen molar-refractivity contribution in [2.75, 3.05) is 5.43 Å². The molecule has 0 aliphatic carbocycles. The van der Waals surface area contributed by atoms with Crippen molar-refractivity contribution < 1.29 is 4.39 Å². The van der Waals surface area contributed by atoms with Crippen molar-refractivity contribution in [2.45, 2.75) is 33.1 Å². The van der Waals surface area contributed by atoms with Crippen LogP contribution in [-0.4, -0.2) is 9.97 Å². The molecule has 6 heteroatoms. The van der Waals surface area contributed by atoms with Gasteiger partial charge in [-0.1, -0.05) is 37.6 Å². The lowest BCUT2D eigenvalue weighted by molar-refractivity contribution is 0.612. The number of nitrogens with zero attached hydrogens (tertiary/aromatic N) is 2. The predicted octanol–water partition coefficient (Wildman–Crippen LogP) is 3.58. The molecular formula is C15H18ClFN4. The van der Waals surface area contributed by atoms with Crippen molar-refractivity contribution >= 4 is 17.4 Å². The molecule has 112 valence electrons. The Bertz CT molecular complexity index is 658. The van der Waals surface area contributed by atoms with Gasteiger partial charge < -0.3 is 5.43 Å². The van der Waals surface area contributed by atoms with E-state index in [-0.39, 0.29) is 17.4 Å². The van der Waals surface area contributed by atoms with Gasteiger partial charge in [-0.25, -0.2) is 20.2 Å². The number of rotatable bonds is 4. The highest BCUT2D eigenvalue weighted by Gasteiger charge is 2.15. The smallest absolute Gasteiger partial charge is 0.147 e. The Morgan fingerprint density at radius 1 is 1.33 bits per heavy atom. The number of nitrogens with one attached hydrogen (secondary N) is 1. The molecule has 0 atom stereocenters. The average molecular weight is 309 g/mol. The second-order valence-electron chi connectivity index (χ2n) is 5.18. The number of nitrogen functional groups attached to an aromatic ring is 1. The Morgan fingerprint density at radius 3 is 2.67 bits per heavy atom. The first kappa shape index (κ1) is 15.7. The molecule has 2 rings (SSSR count). The fourth-order valence-corrected chi connectivity index (χ4v) is 2.57. The maximum atomic E-state index is 13.9. The maximum absolute atomic E-state index is 13.9. The summed E-state index contributed by atoms with van der Waals surface area (Å²) in [5.41, 5.74) is 4.86. The van der Waals surface area contributed by atoms with Crippen molar-refractivity contribution in [3.8, 4) is 0 Å². The molecule has 21 heavy (non-hydrogen) atoms. The third-order valence-corrected chi connectivity index (χ3v) is 3.57. The summed E-state index contributed by atoms with van der Waals surface area (Å²) >= 11 is 5.79. The van der Waals surface area contributed by atoms with E-state index in [1.54, 1.807) is 12.1 Å². The zero-order valence-electron chi connectivity index (χ0n) is 12.2. The fourth-order valence-electron chi connectivity index (χ4n) is 2.38. The van der Waals surface area contributed by atoms with Crippen molar-refractivity contribution in [3.05, 3.63) is 51.7 Å². The van der Waals surface area contributed by atoms with Crippen LogP contribution >= 0.6 is 11.6 Å². The van der Waals surface area contributed by atoms with Gasteiger partial charge in [0.25, 0.3) is 0 Å². The summed E-state index contributed by atoms with van der Waals surface area (Å²) < 4.78 is 13.9. The minimum Gasteiger partial charge on any atom is -0.308 e. The minimum atomic E-state index is -0.435. The van der Waals surface area contributed by atoms with E-state index in [4.69, 9.17) is 17.4 Å². The van der Waals surface area contributed by atoms with E-state index >= 15 is 0 Å². The number of nitrogens with two attached hydrogens (primary N) is 1. The van der Waals surface area contributed by atoms with Gasteiger partial charge in [-0.2, -0.15) is 0 Å². The van der Waals surface area contributed by atoms with Gasteiger partial charge in [0, 0.05) is 17.7 Å². The summed E-state index contributed by atoms with van der Waals surface area (Å²) in [6.07, 6.45) is 0.264. The maximum Gasteiger partial charge on any atom is 0.147 e. The van der Waals surface area contributed by atoms with Crippen LogP contribution in [0.15, 0.2) is 18.2 Å². The average Bonchev–Trinajstić information content (AvgIpc) is 2.42. The second kappa shape index (κ2) is 6.37. The van der Waals surface area contributed by atoms with E-state index < -0.39 is 5.82 Å². The van der Waals surface area contributed by atoms with Crippen LogP contribution in [0.1, 0.15) is 42.4 Å². The van der Waals surface area contributed by atoms with E-state index in [9.17, 15) is 4.39 Å². The van der Waals surface area contributed by atoms with E-state index in [1.807, 2.05) is 20.8 Å². The lowest BCUT2D eigenvalue weighted by atomic mass is 10.0. The molecule has 0 unspecified atom stereocenters. The normalized spacial score (nSPS) is 11.0. The Morgan fingerprint density at radius 2 is 2.05 bits per heavy atom. The quantitative estimate of drug-likeness (QED) is 0.669. The Kier molecular flexibility index (Phi) is 4.75. The van der Waals surface area contributed by atoms with Crippen LogP contribution in [0.4, 0.5) is 10.2 Å². The molecule has 3 N–H and O–H groups in total. The molecule has 4 nitrogen and oxygen atoms in total. The molecule has 0 saturated carbocycles. The molecule has 0 saturated heterocycles. The van der Waals surface area contributed by atoms with Crippen LogP contribution < -0.4 is 11.3 Å². The summed E-state index contributed by atoms with van der Waals surface area (Å²) in [6.45, 7) is 5.99. The molecule has 0 fully saturated rings. The molecule has 1 aromatic heterocycles. The van der Waals surface area contributed by atoms with Gasteiger partial charge in [0.1, 0.15) is 17.5 Å². The number of benzene rings is 1. The molecule has 1 heterocycles. The topological polar surface area (TPSA) is 63.8 Å². The van der Waals surface area contributed by atoms with Crippen molar-refractivity contribution in [3.63, 3.8) is 0 Å². The van der Waals surface area contributed by atoms with Crippen LogP contribution in [0.2, 0.25) is 5.02 Å². The number of anilines is 1. The lowest BCUT2D eigenvalue weighted by Gasteiger charge is -2.15. The van der Waals surface area contributed by atoms with Gasteiger partial charge in [-0.3, -0.25) is 0 Å². The van der Waals surface area contributed by atoms with E-state index in [1.165, 1.54) is 6.07 Å². The number of halogens is 2. The summed E-state index contributed by atoms with van der Waals surface area (Å²) in [6, 6.07) is 4.89. The number of aryl methyl sites for hydroxylation is 1. The van der Waals surface area contributed by atoms with Crippen LogP contribution in [0.5, 0.6) is 0 Å². The number of hydrogen-bond donors (Lipinski definition) is 2. The zero-order valence-corrected chi connectivity index (χ0v) is 13.0. The highest BCUT2D eigenvalue weighted by molar-refractivity contribution is 6.30. The van der Waals surface area contributed by atoms with E-state index in [0.717, 1.165) is 11.3 Å². The number of aromatic nitrogens is 2. The first-order valence-electron chi connectivity index (χ1n) is 6.71. The monoisotopic (exact) mass is 308 g/mol. The minimum absolute atomic E-state index is 0.0974. The molecule has 0 bridgehead atoms. The number of hydrogen-bond acceptors (Lipinski definition) is 4. The van der Waals surface area contributed by atoms with Crippen LogP contribution in [0, 0.1) is 12.7 Å². The number of hydrazine groups is 1.